The fourth-order valence-electron chi connectivity index (χ4n) is 3.70. The lowest BCUT2D eigenvalue weighted by Crippen LogP contribution is -2.21. The molecule has 184 valence electrons. The van der Waals surface area contributed by atoms with Gasteiger partial charge in [-0.3, -0.25) is 0 Å². The second-order valence-electron chi connectivity index (χ2n) is 8.20. The Bertz CT molecular complexity index is 1450. The fraction of sp³-hybridized carbons (Fsp3) is 0.280. The van der Waals surface area contributed by atoms with Crippen LogP contribution in [0.5, 0.6) is 11.5 Å². The summed E-state index contributed by atoms with van der Waals surface area (Å²) in [7, 11) is -0.00588. The van der Waals surface area contributed by atoms with Crippen molar-refractivity contribution in [1.29, 1.82) is 0 Å². The number of aryl methyl sites for hydroxylation is 1. The summed E-state index contributed by atoms with van der Waals surface area (Å²) >= 11 is 1.70. The first-order valence-electron chi connectivity index (χ1n) is 11.0. The molecule has 4 rings (SSSR count). The van der Waals surface area contributed by atoms with E-state index in [0.717, 1.165) is 43.9 Å². The summed E-state index contributed by atoms with van der Waals surface area (Å²) in [4.78, 5) is 11.5. The Morgan fingerprint density at radius 1 is 1.00 bits per heavy atom. The average Bonchev–Trinajstić information content (AvgIpc) is 3.32. The summed E-state index contributed by atoms with van der Waals surface area (Å²) < 4.78 is 36.0. The molecule has 0 fully saturated rings. The smallest absolute Gasteiger partial charge is 0.209 e. The number of nitrogens with zero attached hydrogens (tertiary/aromatic N) is 2. The zero-order chi connectivity index (χ0) is 25.2. The van der Waals surface area contributed by atoms with Crippen molar-refractivity contribution in [2.45, 2.75) is 26.4 Å². The third-order valence-electron chi connectivity index (χ3n) is 5.50. The van der Waals surface area contributed by atoms with Crippen LogP contribution in [-0.2, 0) is 16.6 Å². The molecular weight excluding hydrogens is 484 g/mol. The Morgan fingerprint density at radius 3 is 2.34 bits per heavy atom. The first kappa shape index (κ1) is 24.9. The highest BCUT2D eigenvalue weighted by molar-refractivity contribution is 7.88. The SMILES string of the molecule is COc1cc2nc(C)nc(N[C@@H](C)c3ccc(-c4ccc(CNS(C)(=O)=O)cc4)s3)c2cc1OC. The standard InChI is InChI=1S/C25H28N4O4S2/c1-15(27-25-19-12-21(32-3)22(33-4)13-20(19)28-16(2)29-25)23-10-11-24(34-23)18-8-6-17(7-9-18)14-26-35(5,30)31/h6-13,15,26H,14H2,1-5H3,(H,27,28,29)/t15-/m0/s1. The predicted molar refractivity (Wildman–Crippen MR) is 141 cm³/mol. The van der Waals surface area contributed by atoms with E-state index < -0.39 is 10.0 Å². The van der Waals surface area contributed by atoms with E-state index in [9.17, 15) is 8.42 Å². The molecule has 0 aliphatic heterocycles. The lowest BCUT2D eigenvalue weighted by atomic mass is 10.1. The second kappa shape index (κ2) is 10.2. The molecule has 0 aliphatic rings. The molecule has 0 unspecified atom stereocenters. The molecule has 35 heavy (non-hydrogen) atoms. The van der Waals surface area contributed by atoms with E-state index in [0.29, 0.717) is 17.3 Å². The van der Waals surface area contributed by atoms with Gasteiger partial charge in [-0.15, -0.1) is 11.3 Å². The van der Waals surface area contributed by atoms with Crippen molar-refractivity contribution in [1.82, 2.24) is 14.7 Å². The van der Waals surface area contributed by atoms with Gasteiger partial charge in [-0.05, 0) is 43.2 Å². The number of hydrogen-bond donors (Lipinski definition) is 2. The molecule has 8 nitrogen and oxygen atoms in total. The van der Waals surface area contributed by atoms with Crippen LogP contribution >= 0.6 is 11.3 Å². The minimum atomic E-state index is -3.22. The van der Waals surface area contributed by atoms with Crippen LogP contribution in [0.15, 0.2) is 48.5 Å². The number of rotatable bonds is 9. The predicted octanol–water partition coefficient (Wildman–Crippen LogP) is 4.91. The van der Waals surface area contributed by atoms with E-state index in [1.165, 1.54) is 0 Å². The Labute approximate surface area is 209 Å². The number of fused-ring (bicyclic) bond motifs is 1. The van der Waals surface area contributed by atoms with Gasteiger partial charge in [-0.1, -0.05) is 24.3 Å². The number of sulfonamides is 1. The molecular formula is C25H28N4O4S2. The molecule has 2 aromatic carbocycles. The maximum absolute atomic E-state index is 11.3. The Hall–Kier alpha value is -3.21. The van der Waals surface area contributed by atoms with Crippen LogP contribution in [0, 0.1) is 6.92 Å². The molecule has 0 spiro atoms. The first-order valence-corrected chi connectivity index (χ1v) is 13.7. The monoisotopic (exact) mass is 512 g/mol. The van der Waals surface area contributed by atoms with Crippen LogP contribution < -0.4 is 19.5 Å². The van der Waals surface area contributed by atoms with E-state index >= 15 is 0 Å². The van der Waals surface area contributed by atoms with Gasteiger partial charge in [0.05, 0.1) is 32.0 Å². The zero-order valence-corrected chi connectivity index (χ0v) is 21.9. The molecule has 1 atom stereocenters. The van der Waals surface area contributed by atoms with E-state index in [2.05, 4.69) is 39.1 Å². The third-order valence-corrected chi connectivity index (χ3v) is 7.48. The molecule has 10 heteroatoms. The molecule has 0 bridgehead atoms. The summed E-state index contributed by atoms with van der Waals surface area (Å²) in [6, 6.07) is 15.9. The largest absolute Gasteiger partial charge is 0.493 e. The maximum Gasteiger partial charge on any atom is 0.209 e. The number of thiophene rings is 1. The van der Waals surface area contributed by atoms with E-state index in [4.69, 9.17) is 9.47 Å². The Balaban J connectivity index is 1.55. The van der Waals surface area contributed by atoms with Crippen LogP contribution in [0.25, 0.3) is 21.3 Å². The summed E-state index contributed by atoms with van der Waals surface area (Å²) in [5.41, 5.74) is 2.77. The highest BCUT2D eigenvalue weighted by Crippen LogP contribution is 2.37. The minimum absolute atomic E-state index is 0.0116. The Kier molecular flexibility index (Phi) is 7.25. The molecule has 2 N–H and O–H groups in total. The van der Waals surface area contributed by atoms with Crippen molar-refractivity contribution >= 4 is 38.1 Å². The number of nitrogens with one attached hydrogen (secondary N) is 2. The molecule has 2 heterocycles. The number of aromatic nitrogens is 2. The molecule has 4 aromatic rings. The summed E-state index contributed by atoms with van der Waals surface area (Å²) in [5, 5.41) is 4.39. The molecule has 2 aromatic heterocycles. The number of ether oxygens (including phenoxy) is 2. The maximum atomic E-state index is 11.3. The average molecular weight is 513 g/mol. The summed E-state index contributed by atoms with van der Waals surface area (Å²) in [5.74, 6) is 2.64. The summed E-state index contributed by atoms with van der Waals surface area (Å²) in [6.45, 7) is 4.24. The van der Waals surface area contributed by atoms with Crippen molar-refractivity contribution in [3.63, 3.8) is 0 Å². The van der Waals surface area contributed by atoms with E-state index in [-0.39, 0.29) is 12.6 Å². The third kappa shape index (κ3) is 5.90. The highest BCUT2D eigenvalue weighted by Gasteiger charge is 2.16. The van der Waals surface area contributed by atoms with Gasteiger partial charge in [0.25, 0.3) is 0 Å². The van der Waals surface area contributed by atoms with Crippen molar-refractivity contribution in [2.24, 2.45) is 0 Å². The van der Waals surface area contributed by atoms with Crippen molar-refractivity contribution in [3.8, 4) is 21.9 Å². The van der Waals surface area contributed by atoms with Crippen molar-refractivity contribution in [2.75, 3.05) is 25.8 Å². The van der Waals surface area contributed by atoms with Gasteiger partial charge in [0.15, 0.2) is 11.5 Å². The lowest BCUT2D eigenvalue weighted by molar-refractivity contribution is 0.356. The van der Waals surface area contributed by atoms with Crippen LogP contribution in [0.1, 0.15) is 29.2 Å². The molecule has 0 amide bonds. The second-order valence-corrected chi connectivity index (χ2v) is 11.2. The Morgan fingerprint density at radius 2 is 1.69 bits per heavy atom. The minimum Gasteiger partial charge on any atom is -0.493 e. The van der Waals surface area contributed by atoms with Gasteiger partial charge in [0, 0.05) is 27.8 Å². The highest BCUT2D eigenvalue weighted by atomic mass is 32.2. The van der Waals surface area contributed by atoms with Crippen LogP contribution in [0.3, 0.4) is 0 Å². The van der Waals surface area contributed by atoms with Crippen molar-refractivity contribution < 1.29 is 17.9 Å². The number of anilines is 1. The van der Waals surface area contributed by atoms with Gasteiger partial charge in [0.2, 0.25) is 10.0 Å². The van der Waals surface area contributed by atoms with Gasteiger partial charge in [-0.2, -0.15) is 0 Å². The molecule has 0 radical (unpaired) electrons. The van der Waals surface area contributed by atoms with Crippen molar-refractivity contribution in [3.05, 3.63) is 64.8 Å². The van der Waals surface area contributed by atoms with Crippen LogP contribution in [0.2, 0.25) is 0 Å². The summed E-state index contributed by atoms with van der Waals surface area (Å²) in [6.07, 6.45) is 1.16. The topological polar surface area (TPSA) is 102 Å². The number of benzene rings is 2. The van der Waals surface area contributed by atoms with E-state index in [1.54, 1.807) is 25.6 Å². The normalized spacial score (nSPS) is 12.5. The van der Waals surface area contributed by atoms with Crippen LogP contribution in [0.4, 0.5) is 5.82 Å². The number of hydrogen-bond acceptors (Lipinski definition) is 8. The van der Waals surface area contributed by atoms with Gasteiger partial charge < -0.3 is 14.8 Å². The van der Waals surface area contributed by atoms with E-state index in [1.807, 2.05) is 43.3 Å². The fourth-order valence-corrected chi connectivity index (χ4v) is 5.14. The zero-order valence-electron chi connectivity index (χ0n) is 20.2. The molecule has 0 saturated carbocycles. The van der Waals surface area contributed by atoms with Crippen LogP contribution in [-0.4, -0.2) is 38.9 Å². The first-order chi connectivity index (χ1) is 16.7. The quantitative estimate of drug-likeness (QED) is 0.329. The van der Waals surface area contributed by atoms with Gasteiger partial charge in [-0.25, -0.2) is 23.1 Å². The number of methoxy groups -OCH3 is 2. The lowest BCUT2D eigenvalue weighted by Gasteiger charge is -2.16. The molecule has 0 saturated heterocycles. The molecule has 0 aliphatic carbocycles. The van der Waals surface area contributed by atoms with Gasteiger partial charge >= 0.3 is 0 Å². The van der Waals surface area contributed by atoms with Gasteiger partial charge in [0.1, 0.15) is 11.6 Å².